The Labute approximate surface area is 92.7 Å². The third-order valence-electron chi connectivity index (χ3n) is 1.73. The van der Waals surface area contributed by atoms with Crippen LogP contribution in [0.4, 0.5) is 0 Å². The summed E-state index contributed by atoms with van der Waals surface area (Å²) in [5.41, 5.74) is 1.00. The van der Waals surface area contributed by atoms with Gasteiger partial charge >= 0.3 is 0 Å². The molecule has 0 saturated carbocycles. The van der Waals surface area contributed by atoms with Crippen LogP contribution in [0.15, 0.2) is 28.6 Å². The summed E-state index contributed by atoms with van der Waals surface area (Å²) in [7, 11) is 0.821. The number of fused-ring (bicyclic) bond motifs is 1. The minimum atomic E-state index is -0.769. The number of thiazole rings is 1. The van der Waals surface area contributed by atoms with Crippen molar-refractivity contribution in [3.8, 4) is 5.40 Å². The Balaban J connectivity index is 2.50. The molecular weight excluding hydrogens is 232 g/mol. The molecule has 0 radical (unpaired) electrons. The number of thiocyanates is 1. The molecular formula is C9H8N2S3. The number of rotatable bonds is 2. The van der Waals surface area contributed by atoms with E-state index < -0.39 is 9.93 Å². The van der Waals surface area contributed by atoms with E-state index in [1.165, 1.54) is 4.70 Å². The van der Waals surface area contributed by atoms with Crippen molar-refractivity contribution in [2.45, 2.75) is 4.34 Å². The van der Waals surface area contributed by atoms with Crippen LogP contribution < -0.4 is 0 Å². The molecule has 1 heterocycles. The lowest BCUT2D eigenvalue weighted by Gasteiger charge is -2.02. The molecule has 72 valence electrons. The van der Waals surface area contributed by atoms with Crippen molar-refractivity contribution in [2.75, 3.05) is 6.26 Å². The van der Waals surface area contributed by atoms with E-state index in [4.69, 9.17) is 5.26 Å². The molecule has 0 bridgehead atoms. The van der Waals surface area contributed by atoms with Gasteiger partial charge < -0.3 is 0 Å². The first kappa shape index (κ1) is 9.84. The topological polar surface area (TPSA) is 36.7 Å². The van der Waals surface area contributed by atoms with Crippen LogP contribution in [0.5, 0.6) is 0 Å². The molecule has 2 rings (SSSR count). The Morgan fingerprint density at radius 3 is 2.93 bits per heavy atom. The number of aromatic nitrogens is 1. The third-order valence-corrected chi connectivity index (χ3v) is 6.59. The van der Waals surface area contributed by atoms with Crippen molar-refractivity contribution in [3.63, 3.8) is 0 Å². The van der Waals surface area contributed by atoms with Gasteiger partial charge in [0.25, 0.3) is 0 Å². The number of nitrogens with zero attached hydrogens (tertiary/aromatic N) is 2. The molecule has 1 aromatic carbocycles. The first-order valence-corrected chi connectivity index (χ1v) is 7.93. The Kier molecular flexibility index (Phi) is 2.96. The molecule has 0 fully saturated rings. The van der Waals surface area contributed by atoms with Crippen molar-refractivity contribution >= 4 is 42.3 Å². The fourth-order valence-corrected chi connectivity index (χ4v) is 4.93. The lowest BCUT2D eigenvalue weighted by molar-refractivity contribution is 1.31. The van der Waals surface area contributed by atoms with E-state index in [1.54, 1.807) is 22.1 Å². The number of hydrogen-bond acceptors (Lipinski definition) is 4. The summed E-state index contributed by atoms with van der Waals surface area (Å²) in [5, 5.41) is 11.2. The molecule has 14 heavy (non-hydrogen) atoms. The summed E-state index contributed by atoms with van der Waals surface area (Å²) in [4.78, 5) is 4.46. The minimum Gasteiger partial charge on any atom is -0.230 e. The van der Waals surface area contributed by atoms with E-state index in [1.807, 2.05) is 30.5 Å². The van der Waals surface area contributed by atoms with Crippen LogP contribution in [0.2, 0.25) is 0 Å². The van der Waals surface area contributed by atoms with Gasteiger partial charge in [-0.15, -0.1) is 22.1 Å². The highest BCUT2D eigenvalue weighted by Gasteiger charge is 2.09. The van der Waals surface area contributed by atoms with E-state index >= 15 is 0 Å². The van der Waals surface area contributed by atoms with E-state index in [-0.39, 0.29) is 0 Å². The highest BCUT2D eigenvalue weighted by Crippen LogP contribution is 2.48. The molecule has 2 aromatic rings. The van der Waals surface area contributed by atoms with Gasteiger partial charge in [-0.25, -0.2) is 4.98 Å². The molecule has 5 heteroatoms. The molecule has 0 aliphatic heterocycles. The predicted molar refractivity (Wildman–Crippen MR) is 66.0 cm³/mol. The summed E-state index contributed by atoms with van der Waals surface area (Å²) in [5.74, 6) is 0. The maximum Gasteiger partial charge on any atom is 0.152 e. The van der Waals surface area contributed by atoms with Gasteiger partial charge in [0, 0.05) is 0 Å². The molecule has 0 N–H and O–H groups in total. The largest absolute Gasteiger partial charge is 0.230 e. The van der Waals surface area contributed by atoms with Gasteiger partial charge in [0.1, 0.15) is 5.40 Å². The molecule has 1 atom stereocenters. The minimum absolute atomic E-state index is 0.769. The Hall–Kier alpha value is -0.700. The van der Waals surface area contributed by atoms with Crippen LogP contribution in [0, 0.1) is 10.7 Å². The second kappa shape index (κ2) is 4.22. The highest BCUT2D eigenvalue weighted by atomic mass is 33.1. The molecule has 1 aromatic heterocycles. The summed E-state index contributed by atoms with van der Waals surface area (Å²) >= 11 is 1.63. The van der Waals surface area contributed by atoms with Crippen LogP contribution in [0.3, 0.4) is 0 Å². The Morgan fingerprint density at radius 1 is 1.50 bits per heavy atom. The molecule has 1 unspecified atom stereocenters. The monoisotopic (exact) mass is 240 g/mol. The zero-order chi connectivity index (χ0) is 9.97. The van der Waals surface area contributed by atoms with Crippen molar-refractivity contribution in [1.29, 1.82) is 5.26 Å². The second-order valence-electron chi connectivity index (χ2n) is 2.54. The van der Waals surface area contributed by atoms with Crippen molar-refractivity contribution in [3.05, 3.63) is 24.3 Å². The average Bonchev–Trinajstić information content (AvgIpc) is 2.63. The second-order valence-corrected chi connectivity index (χ2v) is 7.64. The van der Waals surface area contributed by atoms with Gasteiger partial charge in [0.2, 0.25) is 0 Å². The number of thiol groups is 1. The van der Waals surface area contributed by atoms with E-state index in [2.05, 4.69) is 10.4 Å². The Morgan fingerprint density at radius 2 is 2.29 bits per heavy atom. The average molecular weight is 240 g/mol. The van der Waals surface area contributed by atoms with Gasteiger partial charge in [0.15, 0.2) is 4.34 Å². The van der Waals surface area contributed by atoms with E-state index in [0.29, 0.717) is 0 Å². The van der Waals surface area contributed by atoms with E-state index in [9.17, 15) is 0 Å². The van der Waals surface area contributed by atoms with Crippen LogP contribution in [0.1, 0.15) is 0 Å². The molecule has 0 amide bonds. The van der Waals surface area contributed by atoms with Crippen LogP contribution >= 0.6 is 32.1 Å². The standard InChI is InChI=1S/C9H8N2S3/c1-12-14(6-10)9-11-7-4-2-3-5-8(7)13-9/h2-5,14H,1H3. The smallest absolute Gasteiger partial charge is 0.152 e. The van der Waals surface area contributed by atoms with Crippen molar-refractivity contribution < 1.29 is 0 Å². The van der Waals surface area contributed by atoms with Crippen LogP contribution in [0.25, 0.3) is 10.2 Å². The SMILES string of the molecule is CS[SH](C#N)c1nc2ccccc2s1. The molecule has 0 aliphatic rings. The number of para-hydroxylation sites is 1. The highest BCUT2D eigenvalue weighted by molar-refractivity contribution is 8.87. The zero-order valence-corrected chi connectivity index (χ0v) is 9.99. The first-order valence-electron chi connectivity index (χ1n) is 3.94. The van der Waals surface area contributed by atoms with Crippen molar-refractivity contribution in [1.82, 2.24) is 4.98 Å². The van der Waals surface area contributed by atoms with Crippen LogP contribution in [-0.2, 0) is 0 Å². The maximum atomic E-state index is 8.93. The van der Waals surface area contributed by atoms with Gasteiger partial charge in [0.05, 0.1) is 10.2 Å². The van der Waals surface area contributed by atoms with Gasteiger partial charge in [-0.1, -0.05) is 22.1 Å². The Bertz CT molecular complexity index is 453. The number of hydrogen-bond donors (Lipinski definition) is 1. The summed E-state index contributed by atoms with van der Waals surface area (Å²) in [6.07, 6.45) is 1.96. The fraction of sp³-hybridized carbons (Fsp3) is 0.111. The third kappa shape index (κ3) is 1.73. The number of benzene rings is 1. The number of nitriles is 1. The van der Waals surface area contributed by atoms with E-state index in [0.717, 1.165) is 9.86 Å². The zero-order valence-electron chi connectivity index (χ0n) is 7.47. The maximum absolute atomic E-state index is 8.93. The summed E-state index contributed by atoms with van der Waals surface area (Å²) in [6, 6.07) is 8.00. The predicted octanol–water partition coefficient (Wildman–Crippen LogP) is 3.42. The van der Waals surface area contributed by atoms with Crippen LogP contribution in [-0.4, -0.2) is 11.2 Å². The molecule has 0 spiro atoms. The lowest BCUT2D eigenvalue weighted by atomic mass is 10.3. The first-order chi connectivity index (χ1) is 6.85. The summed E-state index contributed by atoms with van der Waals surface area (Å²) in [6.45, 7) is 0. The van der Waals surface area contributed by atoms with Crippen molar-refractivity contribution in [2.24, 2.45) is 0 Å². The van der Waals surface area contributed by atoms with Gasteiger partial charge in [-0.2, -0.15) is 5.26 Å². The molecule has 2 nitrogen and oxygen atoms in total. The molecule has 0 saturated heterocycles. The van der Waals surface area contributed by atoms with Gasteiger partial charge in [-0.3, -0.25) is 0 Å². The fourth-order valence-electron chi connectivity index (χ4n) is 1.11. The quantitative estimate of drug-likeness (QED) is 0.496. The molecule has 0 aliphatic carbocycles. The lowest BCUT2D eigenvalue weighted by Crippen LogP contribution is -1.71. The van der Waals surface area contributed by atoms with Gasteiger partial charge in [-0.05, 0) is 18.4 Å². The normalized spacial score (nSPS) is 13.9. The summed E-state index contributed by atoms with van der Waals surface area (Å²) < 4.78 is 2.13.